The molecule has 150 valence electrons. The topological polar surface area (TPSA) is 92.6 Å². The Labute approximate surface area is 175 Å². The highest BCUT2D eigenvalue weighted by atomic mass is 79.9. The first-order valence-corrected chi connectivity index (χ1v) is 10.1. The number of halogens is 1. The van der Waals surface area contributed by atoms with Crippen molar-refractivity contribution in [2.75, 3.05) is 23.8 Å². The number of benzene rings is 2. The summed E-state index contributed by atoms with van der Waals surface area (Å²) in [4.78, 5) is 24.4. The molecule has 3 aromatic rings. The minimum absolute atomic E-state index is 0.0951. The Morgan fingerprint density at radius 3 is 2.52 bits per heavy atom. The first kappa shape index (κ1) is 19.5. The Hall–Kier alpha value is -2.84. The van der Waals surface area contributed by atoms with E-state index in [0.717, 1.165) is 29.3 Å². The van der Waals surface area contributed by atoms with Crippen molar-refractivity contribution in [2.45, 2.75) is 18.9 Å². The van der Waals surface area contributed by atoms with E-state index in [0.29, 0.717) is 23.5 Å². The fourth-order valence-electron chi connectivity index (χ4n) is 3.14. The van der Waals surface area contributed by atoms with E-state index in [2.05, 4.69) is 31.9 Å². The van der Waals surface area contributed by atoms with Crippen molar-refractivity contribution in [3.8, 4) is 0 Å². The summed E-state index contributed by atoms with van der Waals surface area (Å²) < 4.78 is 12.0. The molecule has 8 heteroatoms. The van der Waals surface area contributed by atoms with Gasteiger partial charge in [0.25, 0.3) is 5.91 Å². The zero-order chi connectivity index (χ0) is 20.2. The highest BCUT2D eigenvalue weighted by Crippen LogP contribution is 2.24. The largest absolute Gasteiger partial charge is 0.451 e. The van der Waals surface area contributed by atoms with Gasteiger partial charge in [0, 0.05) is 34.4 Å². The standard InChI is InChI=1S/C21H20BrN3O4/c22-14-3-8-18-13(10-14)11-19(29-18)20(26)24-15-4-6-16(7-5-15)25-21(27)23-12-17-2-1-9-28-17/h3-8,10-11,17H,1-2,9,12H2,(H,24,26)(H2,23,25,27). The van der Waals surface area contributed by atoms with Crippen LogP contribution < -0.4 is 16.0 Å². The number of rotatable bonds is 5. The third-order valence-electron chi connectivity index (χ3n) is 4.62. The lowest BCUT2D eigenvalue weighted by atomic mass is 10.2. The van der Waals surface area contributed by atoms with Gasteiger partial charge in [-0.3, -0.25) is 4.79 Å². The first-order valence-electron chi connectivity index (χ1n) is 9.34. The third-order valence-corrected chi connectivity index (χ3v) is 5.11. The number of furan rings is 1. The second kappa shape index (κ2) is 8.67. The van der Waals surface area contributed by atoms with E-state index in [1.807, 2.05) is 12.1 Å². The van der Waals surface area contributed by atoms with Gasteiger partial charge < -0.3 is 25.1 Å². The van der Waals surface area contributed by atoms with Crippen molar-refractivity contribution < 1.29 is 18.7 Å². The number of carbonyl (C=O) groups excluding carboxylic acids is 2. The average Bonchev–Trinajstić information content (AvgIpc) is 3.37. The summed E-state index contributed by atoms with van der Waals surface area (Å²) in [5.74, 6) is -0.110. The lowest BCUT2D eigenvalue weighted by Gasteiger charge is -2.12. The van der Waals surface area contributed by atoms with Crippen molar-refractivity contribution in [3.63, 3.8) is 0 Å². The molecule has 0 saturated carbocycles. The fourth-order valence-corrected chi connectivity index (χ4v) is 3.52. The predicted molar refractivity (Wildman–Crippen MR) is 114 cm³/mol. The van der Waals surface area contributed by atoms with Gasteiger partial charge in [-0.15, -0.1) is 0 Å². The van der Waals surface area contributed by atoms with Gasteiger partial charge in [0.05, 0.1) is 6.10 Å². The van der Waals surface area contributed by atoms with E-state index in [4.69, 9.17) is 9.15 Å². The number of hydrogen-bond acceptors (Lipinski definition) is 4. The smallest absolute Gasteiger partial charge is 0.319 e. The Morgan fingerprint density at radius 2 is 1.79 bits per heavy atom. The molecule has 3 amide bonds. The SMILES string of the molecule is O=C(NCC1CCCO1)Nc1ccc(NC(=O)c2cc3cc(Br)ccc3o2)cc1. The summed E-state index contributed by atoms with van der Waals surface area (Å²) in [6.45, 7) is 1.25. The minimum atomic E-state index is -0.340. The van der Waals surface area contributed by atoms with Crippen molar-refractivity contribution in [1.29, 1.82) is 0 Å². The molecule has 3 N–H and O–H groups in total. The number of ether oxygens (including phenoxy) is 1. The number of anilines is 2. The van der Waals surface area contributed by atoms with E-state index in [1.54, 1.807) is 36.4 Å². The van der Waals surface area contributed by atoms with Crippen LogP contribution in [0.3, 0.4) is 0 Å². The van der Waals surface area contributed by atoms with Crippen LogP contribution >= 0.6 is 15.9 Å². The molecule has 1 aliphatic rings. The fraction of sp³-hybridized carbons (Fsp3) is 0.238. The molecule has 1 aliphatic heterocycles. The van der Waals surface area contributed by atoms with E-state index in [9.17, 15) is 9.59 Å². The number of carbonyl (C=O) groups is 2. The van der Waals surface area contributed by atoms with Crippen LogP contribution in [0, 0.1) is 0 Å². The summed E-state index contributed by atoms with van der Waals surface area (Å²) in [6.07, 6.45) is 2.10. The van der Waals surface area contributed by atoms with Crippen LogP contribution in [0.5, 0.6) is 0 Å². The molecule has 0 radical (unpaired) electrons. The Balaban J connectivity index is 1.32. The maximum absolute atomic E-state index is 12.4. The van der Waals surface area contributed by atoms with Crippen LogP contribution in [0.25, 0.3) is 11.0 Å². The maximum Gasteiger partial charge on any atom is 0.319 e. The molecule has 7 nitrogen and oxygen atoms in total. The van der Waals surface area contributed by atoms with Crippen LogP contribution in [-0.2, 0) is 4.74 Å². The summed E-state index contributed by atoms with van der Waals surface area (Å²) >= 11 is 3.40. The van der Waals surface area contributed by atoms with Gasteiger partial charge >= 0.3 is 6.03 Å². The van der Waals surface area contributed by atoms with Gasteiger partial charge in [-0.25, -0.2) is 4.79 Å². The van der Waals surface area contributed by atoms with Crippen molar-refractivity contribution in [3.05, 3.63) is 58.8 Å². The summed E-state index contributed by atoms with van der Waals surface area (Å²) in [7, 11) is 0. The molecule has 2 heterocycles. The van der Waals surface area contributed by atoms with Gasteiger partial charge in [0.1, 0.15) is 5.58 Å². The Bertz CT molecular complexity index is 1030. The zero-order valence-corrected chi connectivity index (χ0v) is 17.1. The normalized spacial score (nSPS) is 16.0. The number of hydrogen-bond donors (Lipinski definition) is 3. The van der Waals surface area contributed by atoms with Crippen LogP contribution in [0.1, 0.15) is 23.4 Å². The lowest BCUT2D eigenvalue weighted by molar-refractivity contribution is 0.0998. The average molecular weight is 458 g/mol. The van der Waals surface area contributed by atoms with Crippen LogP contribution in [0.15, 0.2) is 57.4 Å². The first-order chi connectivity index (χ1) is 14.1. The monoisotopic (exact) mass is 457 g/mol. The molecule has 1 atom stereocenters. The summed E-state index contributed by atoms with van der Waals surface area (Å²) in [5.41, 5.74) is 1.87. The lowest BCUT2D eigenvalue weighted by Crippen LogP contribution is -2.35. The summed E-state index contributed by atoms with van der Waals surface area (Å²) in [5, 5.41) is 9.19. The van der Waals surface area contributed by atoms with E-state index < -0.39 is 0 Å². The molecule has 1 unspecified atom stereocenters. The van der Waals surface area contributed by atoms with E-state index in [-0.39, 0.29) is 23.8 Å². The van der Waals surface area contributed by atoms with Crippen molar-refractivity contribution in [2.24, 2.45) is 0 Å². The molecule has 1 aromatic heterocycles. The molecule has 2 aromatic carbocycles. The second-order valence-corrected chi connectivity index (χ2v) is 7.71. The summed E-state index contributed by atoms with van der Waals surface area (Å²) in [6, 6.07) is 13.8. The molecule has 4 rings (SSSR count). The van der Waals surface area contributed by atoms with Crippen molar-refractivity contribution >= 4 is 50.2 Å². The maximum atomic E-state index is 12.4. The van der Waals surface area contributed by atoms with E-state index in [1.165, 1.54) is 0 Å². The molecule has 1 fully saturated rings. The molecule has 0 spiro atoms. The molecular formula is C21H20BrN3O4. The molecule has 0 aliphatic carbocycles. The second-order valence-electron chi connectivity index (χ2n) is 6.79. The third kappa shape index (κ3) is 4.96. The van der Waals surface area contributed by atoms with Gasteiger partial charge in [-0.2, -0.15) is 0 Å². The van der Waals surface area contributed by atoms with Gasteiger partial charge in [-0.05, 0) is 61.4 Å². The Kier molecular flexibility index (Phi) is 5.82. The van der Waals surface area contributed by atoms with Crippen molar-refractivity contribution in [1.82, 2.24) is 5.32 Å². The van der Waals surface area contributed by atoms with E-state index >= 15 is 0 Å². The Morgan fingerprint density at radius 1 is 1.03 bits per heavy atom. The minimum Gasteiger partial charge on any atom is -0.451 e. The van der Waals surface area contributed by atoms with Crippen LogP contribution in [0.4, 0.5) is 16.2 Å². The predicted octanol–water partition coefficient (Wildman–Crippen LogP) is 4.75. The zero-order valence-electron chi connectivity index (χ0n) is 15.5. The number of fused-ring (bicyclic) bond motifs is 1. The van der Waals surface area contributed by atoms with Gasteiger partial charge in [0.15, 0.2) is 5.76 Å². The van der Waals surface area contributed by atoms with Gasteiger partial charge in [-0.1, -0.05) is 15.9 Å². The quantitative estimate of drug-likeness (QED) is 0.515. The van der Waals surface area contributed by atoms with Gasteiger partial charge in [0.2, 0.25) is 0 Å². The molecule has 1 saturated heterocycles. The number of urea groups is 1. The number of nitrogens with one attached hydrogen (secondary N) is 3. The highest BCUT2D eigenvalue weighted by molar-refractivity contribution is 9.10. The number of amides is 3. The molecule has 0 bridgehead atoms. The molecule has 29 heavy (non-hydrogen) atoms. The molecular weight excluding hydrogens is 438 g/mol. The van der Waals surface area contributed by atoms with Crippen LogP contribution in [-0.4, -0.2) is 31.2 Å². The van der Waals surface area contributed by atoms with Crippen LogP contribution in [0.2, 0.25) is 0 Å². The highest BCUT2D eigenvalue weighted by Gasteiger charge is 2.16.